The monoisotopic (exact) mass is 269 g/mol. The summed E-state index contributed by atoms with van der Waals surface area (Å²) in [6.07, 6.45) is 2.95. The van der Waals surface area contributed by atoms with Crippen molar-refractivity contribution in [2.75, 3.05) is 0 Å². The molecular formula is C18H23NO. The van der Waals surface area contributed by atoms with Gasteiger partial charge in [-0.2, -0.15) is 0 Å². The standard InChI is InChI=1S/C18H23NO/c1-3-18(19,4-2)10-14-9-13-7-5-6-8-15(13)17-12-20-11-16(14)17/h5-9H,3-4,10-12,19H2,1-2H3. The first kappa shape index (κ1) is 13.6. The smallest absolute Gasteiger partial charge is 0.0731 e. The molecule has 2 N–H and O–H groups in total. The van der Waals surface area contributed by atoms with E-state index in [9.17, 15) is 0 Å². The van der Waals surface area contributed by atoms with E-state index in [1.54, 1.807) is 0 Å². The summed E-state index contributed by atoms with van der Waals surface area (Å²) < 4.78 is 5.70. The van der Waals surface area contributed by atoms with Crippen LogP contribution in [0.2, 0.25) is 0 Å². The molecule has 0 atom stereocenters. The molecule has 2 nitrogen and oxygen atoms in total. The summed E-state index contributed by atoms with van der Waals surface area (Å²) in [6.45, 7) is 5.83. The van der Waals surface area contributed by atoms with Gasteiger partial charge in [0.1, 0.15) is 0 Å². The predicted octanol–water partition coefficient (Wildman–Crippen LogP) is 3.93. The average molecular weight is 269 g/mol. The van der Waals surface area contributed by atoms with E-state index in [1.165, 1.54) is 27.5 Å². The van der Waals surface area contributed by atoms with Crippen molar-refractivity contribution < 1.29 is 4.74 Å². The van der Waals surface area contributed by atoms with E-state index in [2.05, 4.69) is 44.2 Å². The van der Waals surface area contributed by atoms with Gasteiger partial charge in [0.05, 0.1) is 13.2 Å². The van der Waals surface area contributed by atoms with Crippen molar-refractivity contribution in [2.45, 2.75) is 51.9 Å². The molecule has 1 aliphatic rings. The van der Waals surface area contributed by atoms with E-state index >= 15 is 0 Å². The number of benzene rings is 2. The van der Waals surface area contributed by atoms with Crippen molar-refractivity contribution in [1.82, 2.24) is 0 Å². The van der Waals surface area contributed by atoms with Crippen LogP contribution in [0.3, 0.4) is 0 Å². The zero-order valence-corrected chi connectivity index (χ0v) is 12.4. The molecule has 2 aromatic rings. The summed E-state index contributed by atoms with van der Waals surface area (Å²) in [6, 6.07) is 10.9. The fraction of sp³-hybridized carbons (Fsp3) is 0.444. The summed E-state index contributed by atoms with van der Waals surface area (Å²) >= 11 is 0. The van der Waals surface area contributed by atoms with E-state index in [0.717, 1.165) is 32.5 Å². The summed E-state index contributed by atoms with van der Waals surface area (Å²) in [5.41, 5.74) is 10.5. The summed E-state index contributed by atoms with van der Waals surface area (Å²) in [5, 5.41) is 2.64. The predicted molar refractivity (Wildman–Crippen MR) is 83.6 cm³/mol. The molecule has 0 fully saturated rings. The maximum atomic E-state index is 6.53. The van der Waals surface area contributed by atoms with Gasteiger partial charge in [0.25, 0.3) is 0 Å². The van der Waals surface area contributed by atoms with E-state index in [4.69, 9.17) is 10.5 Å². The van der Waals surface area contributed by atoms with Gasteiger partial charge < -0.3 is 10.5 Å². The summed E-state index contributed by atoms with van der Waals surface area (Å²) in [4.78, 5) is 0. The molecule has 0 aliphatic carbocycles. The lowest BCUT2D eigenvalue weighted by atomic mass is 9.83. The third-order valence-electron chi connectivity index (χ3n) is 4.81. The Morgan fingerprint density at radius 3 is 2.55 bits per heavy atom. The highest BCUT2D eigenvalue weighted by Gasteiger charge is 2.25. The zero-order chi connectivity index (χ0) is 14.2. The Labute approximate surface area is 120 Å². The Morgan fingerprint density at radius 2 is 1.80 bits per heavy atom. The van der Waals surface area contributed by atoms with E-state index in [1.807, 2.05) is 0 Å². The van der Waals surface area contributed by atoms with Crippen molar-refractivity contribution in [3.63, 3.8) is 0 Å². The topological polar surface area (TPSA) is 35.2 Å². The molecule has 106 valence electrons. The second-order valence-corrected chi connectivity index (χ2v) is 5.95. The molecule has 1 heterocycles. The highest BCUT2D eigenvalue weighted by atomic mass is 16.5. The van der Waals surface area contributed by atoms with Crippen molar-refractivity contribution in [3.8, 4) is 0 Å². The number of hydrogen-bond donors (Lipinski definition) is 1. The van der Waals surface area contributed by atoms with Gasteiger partial charge in [-0.05, 0) is 46.7 Å². The third kappa shape index (κ3) is 2.23. The number of hydrogen-bond acceptors (Lipinski definition) is 2. The zero-order valence-electron chi connectivity index (χ0n) is 12.4. The van der Waals surface area contributed by atoms with Crippen LogP contribution in [-0.2, 0) is 24.4 Å². The van der Waals surface area contributed by atoms with Crippen LogP contribution in [0.15, 0.2) is 30.3 Å². The van der Waals surface area contributed by atoms with Crippen molar-refractivity contribution in [2.24, 2.45) is 5.73 Å². The Bertz CT molecular complexity index is 629. The molecule has 0 unspecified atom stereocenters. The van der Waals surface area contributed by atoms with Crippen LogP contribution in [0.5, 0.6) is 0 Å². The Morgan fingerprint density at radius 1 is 1.10 bits per heavy atom. The average Bonchev–Trinajstić information content (AvgIpc) is 2.97. The van der Waals surface area contributed by atoms with Gasteiger partial charge >= 0.3 is 0 Å². The van der Waals surface area contributed by atoms with Gasteiger partial charge in [0.15, 0.2) is 0 Å². The molecule has 1 aliphatic heterocycles. The summed E-state index contributed by atoms with van der Waals surface area (Å²) in [5.74, 6) is 0. The van der Waals surface area contributed by atoms with Crippen LogP contribution in [-0.4, -0.2) is 5.54 Å². The number of rotatable bonds is 4. The highest BCUT2D eigenvalue weighted by molar-refractivity contribution is 5.88. The minimum absolute atomic E-state index is 0.0984. The molecule has 3 rings (SSSR count). The lowest BCUT2D eigenvalue weighted by Gasteiger charge is -2.28. The second kappa shape index (κ2) is 5.19. The number of fused-ring (bicyclic) bond motifs is 3. The Balaban J connectivity index is 2.12. The van der Waals surface area contributed by atoms with Crippen LogP contribution in [0, 0.1) is 0 Å². The lowest BCUT2D eigenvalue weighted by molar-refractivity contribution is 0.134. The SMILES string of the molecule is CCC(N)(CC)Cc1cc2ccccc2c2c1COC2. The first-order chi connectivity index (χ1) is 9.67. The minimum Gasteiger partial charge on any atom is -0.372 e. The quantitative estimate of drug-likeness (QED) is 0.912. The van der Waals surface area contributed by atoms with Crippen molar-refractivity contribution >= 4 is 10.8 Å². The third-order valence-corrected chi connectivity index (χ3v) is 4.81. The van der Waals surface area contributed by atoms with E-state index < -0.39 is 0 Å². The van der Waals surface area contributed by atoms with Gasteiger partial charge in [-0.15, -0.1) is 0 Å². The van der Waals surface area contributed by atoms with Crippen LogP contribution in [0.25, 0.3) is 10.8 Å². The van der Waals surface area contributed by atoms with Crippen LogP contribution in [0.1, 0.15) is 43.4 Å². The first-order valence-corrected chi connectivity index (χ1v) is 7.56. The number of nitrogens with two attached hydrogens (primary N) is 1. The van der Waals surface area contributed by atoms with Crippen LogP contribution >= 0.6 is 0 Å². The highest BCUT2D eigenvalue weighted by Crippen LogP contribution is 2.34. The largest absolute Gasteiger partial charge is 0.372 e. The molecule has 2 aromatic carbocycles. The summed E-state index contributed by atoms with van der Waals surface area (Å²) in [7, 11) is 0. The number of ether oxygens (including phenoxy) is 1. The molecule has 0 amide bonds. The lowest BCUT2D eigenvalue weighted by Crippen LogP contribution is -2.40. The van der Waals surface area contributed by atoms with Crippen LogP contribution < -0.4 is 5.73 Å². The molecular weight excluding hydrogens is 246 g/mol. The molecule has 0 spiro atoms. The fourth-order valence-corrected chi connectivity index (χ4v) is 3.17. The fourth-order valence-electron chi connectivity index (χ4n) is 3.17. The van der Waals surface area contributed by atoms with E-state index in [0.29, 0.717) is 0 Å². The molecule has 0 radical (unpaired) electrons. The molecule has 20 heavy (non-hydrogen) atoms. The first-order valence-electron chi connectivity index (χ1n) is 7.56. The van der Waals surface area contributed by atoms with Crippen molar-refractivity contribution in [3.05, 3.63) is 47.0 Å². The van der Waals surface area contributed by atoms with Gasteiger partial charge in [0.2, 0.25) is 0 Å². The Hall–Kier alpha value is -1.38. The molecule has 2 heteroatoms. The van der Waals surface area contributed by atoms with Gasteiger partial charge in [-0.3, -0.25) is 0 Å². The van der Waals surface area contributed by atoms with Gasteiger partial charge in [0, 0.05) is 5.54 Å². The second-order valence-electron chi connectivity index (χ2n) is 5.95. The molecule has 0 aromatic heterocycles. The van der Waals surface area contributed by atoms with Crippen LogP contribution in [0.4, 0.5) is 0 Å². The minimum atomic E-state index is -0.0984. The maximum Gasteiger partial charge on any atom is 0.0731 e. The van der Waals surface area contributed by atoms with Gasteiger partial charge in [-0.25, -0.2) is 0 Å². The van der Waals surface area contributed by atoms with Gasteiger partial charge in [-0.1, -0.05) is 44.2 Å². The molecule has 0 bridgehead atoms. The Kier molecular flexibility index (Phi) is 3.53. The van der Waals surface area contributed by atoms with E-state index in [-0.39, 0.29) is 5.54 Å². The normalized spacial score (nSPS) is 14.8. The molecule has 0 saturated heterocycles. The maximum absolute atomic E-state index is 6.53. The van der Waals surface area contributed by atoms with Crippen molar-refractivity contribution in [1.29, 1.82) is 0 Å². The molecule has 0 saturated carbocycles.